The molecule has 0 aliphatic rings. The van der Waals surface area contributed by atoms with E-state index in [9.17, 15) is 13.2 Å². The standard InChI is InChI=1S/C17H13Cl2N3O3S2/c1-27(24,25)22-12-5-2-10(3-6-12)15-9-26-17(20-15)21-16(23)13-8-11(18)4-7-14(13)19/h2-9,22H,1H3,(H,20,21,23). The normalized spacial score (nSPS) is 11.2. The van der Waals surface area contributed by atoms with Gasteiger partial charge in [0.1, 0.15) is 0 Å². The number of aromatic nitrogens is 1. The van der Waals surface area contributed by atoms with Gasteiger partial charge in [0.2, 0.25) is 10.0 Å². The number of thiazole rings is 1. The van der Waals surface area contributed by atoms with E-state index in [1.807, 2.05) is 0 Å². The van der Waals surface area contributed by atoms with Gasteiger partial charge in [-0.15, -0.1) is 11.3 Å². The van der Waals surface area contributed by atoms with E-state index >= 15 is 0 Å². The Kier molecular flexibility index (Phi) is 5.71. The topological polar surface area (TPSA) is 88.2 Å². The van der Waals surface area contributed by atoms with Crippen LogP contribution in [-0.2, 0) is 10.0 Å². The second-order valence-corrected chi connectivity index (χ2v) is 9.02. The number of amides is 1. The summed E-state index contributed by atoms with van der Waals surface area (Å²) in [5, 5.41) is 5.59. The van der Waals surface area contributed by atoms with Gasteiger partial charge in [0.25, 0.3) is 5.91 Å². The van der Waals surface area contributed by atoms with Gasteiger partial charge < -0.3 is 0 Å². The Morgan fingerprint density at radius 1 is 1.11 bits per heavy atom. The Morgan fingerprint density at radius 2 is 1.81 bits per heavy atom. The number of hydrogen-bond donors (Lipinski definition) is 2. The fourth-order valence-corrected chi connectivity index (χ4v) is 3.88. The summed E-state index contributed by atoms with van der Waals surface area (Å²) in [5.74, 6) is -0.406. The first-order valence-corrected chi connectivity index (χ1v) is 11.0. The summed E-state index contributed by atoms with van der Waals surface area (Å²) in [6.45, 7) is 0. The average Bonchev–Trinajstić information content (AvgIpc) is 3.04. The van der Waals surface area contributed by atoms with E-state index in [1.165, 1.54) is 17.4 Å². The molecule has 3 aromatic rings. The molecule has 1 heterocycles. The maximum absolute atomic E-state index is 12.4. The summed E-state index contributed by atoms with van der Waals surface area (Å²) in [6, 6.07) is 11.4. The highest BCUT2D eigenvalue weighted by Gasteiger charge is 2.14. The van der Waals surface area contributed by atoms with Crippen LogP contribution in [-0.4, -0.2) is 25.6 Å². The smallest absolute Gasteiger partial charge is 0.259 e. The first-order chi connectivity index (χ1) is 12.7. The molecule has 0 saturated carbocycles. The second kappa shape index (κ2) is 7.85. The molecule has 2 aromatic carbocycles. The zero-order chi connectivity index (χ0) is 19.6. The SMILES string of the molecule is CS(=O)(=O)Nc1ccc(-c2csc(NC(=O)c3cc(Cl)ccc3Cl)n2)cc1. The first-order valence-electron chi connectivity index (χ1n) is 7.51. The number of carbonyl (C=O) groups excluding carboxylic acids is 1. The largest absolute Gasteiger partial charge is 0.298 e. The van der Waals surface area contributed by atoms with Crippen molar-refractivity contribution in [1.82, 2.24) is 4.98 Å². The van der Waals surface area contributed by atoms with Gasteiger partial charge in [0, 0.05) is 21.7 Å². The molecule has 140 valence electrons. The molecule has 0 aliphatic carbocycles. The number of nitrogens with zero attached hydrogens (tertiary/aromatic N) is 1. The molecule has 0 unspecified atom stereocenters. The first kappa shape index (κ1) is 19.6. The minimum absolute atomic E-state index is 0.261. The Labute approximate surface area is 170 Å². The summed E-state index contributed by atoms with van der Waals surface area (Å²) in [5.41, 5.74) is 2.16. The van der Waals surface area contributed by atoms with Crippen molar-refractivity contribution in [2.24, 2.45) is 0 Å². The van der Waals surface area contributed by atoms with Crippen LogP contribution in [0.2, 0.25) is 10.0 Å². The Hall–Kier alpha value is -2.13. The highest BCUT2D eigenvalue weighted by molar-refractivity contribution is 7.92. The van der Waals surface area contributed by atoms with Gasteiger partial charge in [0.15, 0.2) is 5.13 Å². The van der Waals surface area contributed by atoms with Crippen LogP contribution in [0, 0.1) is 0 Å². The number of sulfonamides is 1. The lowest BCUT2D eigenvalue weighted by Crippen LogP contribution is -2.12. The van der Waals surface area contributed by atoms with Crippen LogP contribution >= 0.6 is 34.5 Å². The molecule has 0 radical (unpaired) electrons. The maximum atomic E-state index is 12.4. The van der Waals surface area contributed by atoms with Crippen molar-refractivity contribution in [2.75, 3.05) is 16.3 Å². The summed E-state index contributed by atoms with van der Waals surface area (Å²) in [4.78, 5) is 16.7. The lowest BCUT2D eigenvalue weighted by molar-refractivity contribution is 0.102. The molecule has 0 bridgehead atoms. The zero-order valence-corrected chi connectivity index (χ0v) is 17.0. The summed E-state index contributed by atoms with van der Waals surface area (Å²) in [7, 11) is -3.33. The van der Waals surface area contributed by atoms with Crippen LogP contribution in [0.3, 0.4) is 0 Å². The molecular weight excluding hydrogens is 429 g/mol. The number of rotatable bonds is 5. The van der Waals surface area contributed by atoms with E-state index in [-0.39, 0.29) is 5.56 Å². The number of nitrogens with one attached hydrogen (secondary N) is 2. The third-order valence-corrected chi connectivity index (χ3v) is 5.31. The van der Waals surface area contributed by atoms with Gasteiger partial charge in [0.05, 0.1) is 22.5 Å². The van der Waals surface area contributed by atoms with Crippen LogP contribution in [0.25, 0.3) is 11.3 Å². The van der Waals surface area contributed by atoms with E-state index in [1.54, 1.807) is 41.8 Å². The molecule has 6 nitrogen and oxygen atoms in total. The van der Waals surface area contributed by atoms with E-state index in [0.717, 1.165) is 11.8 Å². The van der Waals surface area contributed by atoms with E-state index in [4.69, 9.17) is 23.2 Å². The fourth-order valence-electron chi connectivity index (χ4n) is 2.22. The molecule has 0 atom stereocenters. The minimum Gasteiger partial charge on any atom is -0.298 e. The van der Waals surface area contributed by atoms with Crippen LogP contribution in [0.15, 0.2) is 47.8 Å². The van der Waals surface area contributed by atoms with Crippen molar-refractivity contribution in [2.45, 2.75) is 0 Å². The Balaban J connectivity index is 1.75. The van der Waals surface area contributed by atoms with Gasteiger partial charge in [-0.25, -0.2) is 13.4 Å². The number of hydrogen-bond acceptors (Lipinski definition) is 5. The van der Waals surface area contributed by atoms with Crippen molar-refractivity contribution in [3.8, 4) is 11.3 Å². The molecule has 0 saturated heterocycles. The number of carbonyl (C=O) groups is 1. The van der Waals surface area contributed by atoms with Gasteiger partial charge >= 0.3 is 0 Å². The molecule has 3 rings (SSSR count). The predicted octanol–water partition coefficient (Wildman–Crippen LogP) is 4.74. The zero-order valence-electron chi connectivity index (χ0n) is 13.9. The molecule has 0 aliphatic heterocycles. The monoisotopic (exact) mass is 441 g/mol. The van der Waals surface area contributed by atoms with Crippen molar-refractivity contribution < 1.29 is 13.2 Å². The lowest BCUT2D eigenvalue weighted by atomic mass is 10.1. The molecule has 1 aromatic heterocycles. The fraction of sp³-hybridized carbons (Fsp3) is 0.0588. The number of halogens is 2. The van der Waals surface area contributed by atoms with Crippen LogP contribution in [0.1, 0.15) is 10.4 Å². The van der Waals surface area contributed by atoms with Crippen molar-refractivity contribution in [3.63, 3.8) is 0 Å². The molecule has 27 heavy (non-hydrogen) atoms. The summed E-state index contributed by atoms with van der Waals surface area (Å²) >= 11 is 13.2. The average molecular weight is 442 g/mol. The van der Waals surface area contributed by atoms with Gasteiger partial charge in [-0.2, -0.15) is 0 Å². The van der Waals surface area contributed by atoms with E-state index < -0.39 is 15.9 Å². The van der Waals surface area contributed by atoms with Crippen molar-refractivity contribution in [1.29, 1.82) is 0 Å². The molecule has 1 amide bonds. The molecule has 0 fully saturated rings. The summed E-state index contributed by atoms with van der Waals surface area (Å²) in [6.07, 6.45) is 1.09. The third kappa shape index (κ3) is 5.20. The third-order valence-electron chi connectivity index (χ3n) is 3.38. The summed E-state index contributed by atoms with van der Waals surface area (Å²) < 4.78 is 24.9. The van der Waals surface area contributed by atoms with Gasteiger partial charge in [-0.1, -0.05) is 35.3 Å². The number of anilines is 2. The maximum Gasteiger partial charge on any atom is 0.259 e. The van der Waals surface area contributed by atoms with Crippen LogP contribution in [0.4, 0.5) is 10.8 Å². The highest BCUT2D eigenvalue weighted by Crippen LogP contribution is 2.27. The lowest BCUT2D eigenvalue weighted by Gasteiger charge is -2.05. The molecule has 10 heteroatoms. The van der Waals surface area contributed by atoms with E-state index in [0.29, 0.717) is 26.6 Å². The van der Waals surface area contributed by atoms with Crippen molar-refractivity contribution >= 4 is 61.3 Å². The second-order valence-electron chi connectivity index (χ2n) is 5.57. The van der Waals surface area contributed by atoms with E-state index in [2.05, 4.69) is 15.0 Å². The van der Waals surface area contributed by atoms with Gasteiger partial charge in [-0.05, 0) is 30.3 Å². The quantitative estimate of drug-likeness (QED) is 0.598. The highest BCUT2D eigenvalue weighted by atomic mass is 35.5. The van der Waals surface area contributed by atoms with Gasteiger partial charge in [-0.3, -0.25) is 14.8 Å². The van der Waals surface area contributed by atoms with Crippen LogP contribution in [0.5, 0.6) is 0 Å². The molecular formula is C17H13Cl2N3O3S2. The molecule has 0 spiro atoms. The Bertz CT molecular complexity index is 1100. The predicted molar refractivity (Wildman–Crippen MR) is 110 cm³/mol. The molecule has 2 N–H and O–H groups in total. The Morgan fingerprint density at radius 3 is 2.48 bits per heavy atom. The van der Waals surface area contributed by atoms with Crippen LogP contribution < -0.4 is 10.0 Å². The minimum atomic E-state index is -3.33. The number of benzene rings is 2. The van der Waals surface area contributed by atoms with Crippen molar-refractivity contribution in [3.05, 3.63) is 63.5 Å².